The number of anilines is 1. The van der Waals surface area contributed by atoms with Crippen molar-refractivity contribution >= 4 is 5.82 Å². The van der Waals surface area contributed by atoms with E-state index in [0.29, 0.717) is 17.6 Å². The highest BCUT2D eigenvalue weighted by Gasteiger charge is 2.28. The summed E-state index contributed by atoms with van der Waals surface area (Å²) in [5, 5.41) is 0. The SMILES string of the molecule is Cc1cccc(Oc2nc(C3CC3)nc(NN)c2C)c1C. The fourth-order valence-electron chi connectivity index (χ4n) is 2.22. The van der Waals surface area contributed by atoms with E-state index in [1.54, 1.807) is 0 Å². The fraction of sp³-hybridized carbons (Fsp3) is 0.375. The van der Waals surface area contributed by atoms with Gasteiger partial charge < -0.3 is 10.2 Å². The van der Waals surface area contributed by atoms with Gasteiger partial charge in [0.15, 0.2) is 5.82 Å². The number of aromatic nitrogens is 2. The topological polar surface area (TPSA) is 73.1 Å². The van der Waals surface area contributed by atoms with Crippen molar-refractivity contribution in [1.82, 2.24) is 9.97 Å². The van der Waals surface area contributed by atoms with E-state index in [2.05, 4.69) is 28.4 Å². The van der Waals surface area contributed by atoms with Crippen LogP contribution in [0, 0.1) is 20.8 Å². The van der Waals surface area contributed by atoms with Crippen LogP contribution < -0.4 is 16.0 Å². The second-order valence-corrected chi connectivity index (χ2v) is 5.58. The van der Waals surface area contributed by atoms with E-state index in [-0.39, 0.29) is 0 Å². The molecule has 3 N–H and O–H groups in total. The minimum Gasteiger partial charge on any atom is -0.438 e. The van der Waals surface area contributed by atoms with Gasteiger partial charge in [0.1, 0.15) is 11.6 Å². The summed E-state index contributed by atoms with van der Waals surface area (Å²) in [6, 6.07) is 6.01. The lowest BCUT2D eigenvalue weighted by Gasteiger charge is -2.14. The third kappa shape index (κ3) is 2.69. The summed E-state index contributed by atoms with van der Waals surface area (Å²) in [7, 11) is 0. The summed E-state index contributed by atoms with van der Waals surface area (Å²) in [6.07, 6.45) is 2.27. The van der Waals surface area contributed by atoms with E-state index in [1.807, 2.05) is 26.0 Å². The molecule has 2 aromatic rings. The number of rotatable bonds is 4. The Bertz CT molecular complexity index is 680. The molecule has 0 unspecified atom stereocenters. The van der Waals surface area contributed by atoms with Gasteiger partial charge in [0, 0.05) is 5.92 Å². The highest BCUT2D eigenvalue weighted by atomic mass is 16.5. The highest BCUT2D eigenvalue weighted by molar-refractivity contribution is 5.50. The van der Waals surface area contributed by atoms with Crippen molar-refractivity contribution in [3.05, 3.63) is 40.7 Å². The average Bonchev–Trinajstić information content (AvgIpc) is 3.30. The third-order valence-corrected chi connectivity index (χ3v) is 3.96. The number of nitrogen functional groups attached to an aromatic ring is 1. The van der Waals surface area contributed by atoms with Gasteiger partial charge in [-0.25, -0.2) is 10.8 Å². The van der Waals surface area contributed by atoms with Crippen molar-refractivity contribution < 1.29 is 4.74 Å². The van der Waals surface area contributed by atoms with Crippen LogP contribution in [0.1, 0.15) is 41.3 Å². The second kappa shape index (κ2) is 5.33. The van der Waals surface area contributed by atoms with E-state index < -0.39 is 0 Å². The largest absolute Gasteiger partial charge is 0.438 e. The van der Waals surface area contributed by atoms with Gasteiger partial charge in [-0.15, -0.1) is 0 Å². The first kappa shape index (κ1) is 13.8. The predicted octanol–water partition coefficient (Wildman–Crippen LogP) is 3.36. The van der Waals surface area contributed by atoms with Crippen LogP contribution >= 0.6 is 0 Å². The van der Waals surface area contributed by atoms with E-state index >= 15 is 0 Å². The van der Waals surface area contributed by atoms with E-state index in [4.69, 9.17) is 10.6 Å². The molecule has 0 amide bonds. The molecule has 0 saturated heterocycles. The molecule has 1 aromatic carbocycles. The van der Waals surface area contributed by atoms with Gasteiger partial charge in [0.25, 0.3) is 0 Å². The van der Waals surface area contributed by atoms with Gasteiger partial charge in [0.2, 0.25) is 5.88 Å². The number of ether oxygens (including phenoxy) is 1. The Morgan fingerprint density at radius 3 is 2.57 bits per heavy atom. The van der Waals surface area contributed by atoms with Crippen LogP contribution in [0.4, 0.5) is 5.82 Å². The number of hydrogen-bond acceptors (Lipinski definition) is 5. The van der Waals surface area contributed by atoms with Crippen LogP contribution in [-0.2, 0) is 0 Å². The Balaban J connectivity index is 2.01. The van der Waals surface area contributed by atoms with Crippen molar-refractivity contribution in [2.45, 2.75) is 39.5 Å². The zero-order chi connectivity index (χ0) is 15.0. The molecule has 21 heavy (non-hydrogen) atoms. The van der Waals surface area contributed by atoms with E-state index in [1.165, 1.54) is 5.56 Å². The summed E-state index contributed by atoms with van der Waals surface area (Å²) in [5.74, 6) is 8.85. The Labute approximate surface area is 124 Å². The number of benzene rings is 1. The zero-order valence-corrected chi connectivity index (χ0v) is 12.6. The molecule has 110 valence electrons. The van der Waals surface area contributed by atoms with Crippen LogP contribution in [0.25, 0.3) is 0 Å². The molecule has 1 fully saturated rings. The molecule has 1 saturated carbocycles. The number of hydrogen-bond donors (Lipinski definition) is 2. The first-order chi connectivity index (χ1) is 10.1. The molecule has 1 aliphatic carbocycles. The Hall–Kier alpha value is -2.14. The maximum absolute atomic E-state index is 6.04. The molecular weight excluding hydrogens is 264 g/mol. The fourth-order valence-corrected chi connectivity index (χ4v) is 2.22. The molecule has 0 radical (unpaired) electrons. The van der Waals surface area contributed by atoms with Crippen molar-refractivity contribution in [1.29, 1.82) is 0 Å². The van der Waals surface area contributed by atoms with Crippen molar-refractivity contribution in [2.24, 2.45) is 5.84 Å². The van der Waals surface area contributed by atoms with Crippen LogP contribution in [0.15, 0.2) is 18.2 Å². The summed E-state index contributed by atoms with van der Waals surface area (Å²) in [5.41, 5.74) is 5.77. The smallest absolute Gasteiger partial charge is 0.227 e. The molecule has 0 atom stereocenters. The lowest BCUT2D eigenvalue weighted by molar-refractivity contribution is 0.451. The minimum atomic E-state index is 0.443. The number of aryl methyl sites for hydroxylation is 1. The van der Waals surface area contributed by atoms with E-state index in [9.17, 15) is 0 Å². The van der Waals surface area contributed by atoms with E-state index in [0.717, 1.165) is 35.5 Å². The highest BCUT2D eigenvalue weighted by Crippen LogP contribution is 2.40. The van der Waals surface area contributed by atoms with Crippen LogP contribution in [0.5, 0.6) is 11.6 Å². The molecule has 5 nitrogen and oxygen atoms in total. The van der Waals surface area contributed by atoms with Gasteiger partial charge in [-0.2, -0.15) is 4.98 Å². The van der Waals surface area contributed by atoms with Gasteiger partial charge in [-0.3, -0.25) is 0 Å². The maximum Gasteiger partial charge on any atom is 0.227 e. The maximum atomic E-state index is 6.04. The first-order valence-electron chi connectivity index (χ1n) is 7.19. The van der Waals surface area contributed by atoms with Crippen LogP contribution in [0.2, 0.25) is 0 Å². The van der Waals surface area contributed by atoms with Crippen molar-refractivity contribution in [2.75, 3.05) is 5.43 Å². The Morgan fingerprint density at radius 1 is 1.14 bits per heavy atom. The Morgan fingerprint density at radius 2 is 1.90 bits per heavy atom. The van der Waals surface area contributed by atoms with Gasteiger partial charge in [0.05, 0.1) is 5.56 Å². The Kier molecular flexibility index (Phi) is 3.51. The summed E-state index contributed by atoms with van der Waals surface area (Å²) in [4.78, 5) is 9.05. The lowest BCUT2D eigenvalue weighted by atomic mass is 10.1. The molecule has 1 aliphatic rings. The van der Waals surface area contributed by atoms with Crippen LogP contribution in [0.3, 0.4) is 0 Å². The molecule has 1 heterocycles. The van der Waals surface area contributed by atoms with Crippen molar-refractivity contribution in [3.63, 3.8) is 0 Å². The number of nitrogens with one attached hydrogen (secondary N) is 1. The summed E-state index contributed by atoms with van der Waals surface area (Å²) in [6.45, 7) is 6.02. The van der Waals surface area contributed by atoms with Gasteiger partial charge in [-0.1, -0.05) is 12.1 Å². The van der Waals surface area contributed by atoms with Crippen LogP contribution in [-0.4, -0.2) is 9.97 Å². The van der Waals surface area contributed by atoms with Crippen molar-refractivity contribution in [3.8, 4) is 11.6 Å². The quantitative estimate of drug-likeness (QED) is 0.665. The molecule has 0 spiro atoms. The second-order valence-electron chi connectivity index (χ2n) is 5.58. The molecule has 5 heteroatoms. The average molecular weight is 284 g/mol. The number of nitrogens with zero attached hydrogens (tertiary/aromatic N) is 2. The molecule has 3 rings (SSSR count). The number of hydrazine groups is 1. The summed E-state index contributed by atoms with van der Waals surface area (Å²) < 4.78 is 6.04. The first-order valence-corrected chi connectivity index (χ1v) is 7.19. The molecular formula is C16H20N4O. The molecule has 1 aromatic heterocycles. The number of nitrogens with two attached hydrogens (primary N) is 1. The lowest BCUT2D eigenvalue weighted by Crippen LogP contribution is -2.13. The normalized spacial score (nSPS) is 14.1. The molecule has 0 aliphatic heterocycles. The zero-order valence-electron chi connectivity index (χ0n) is 12.6. The standard InChI is InChI=1S/C16H20N4O/c1-9-5-4-6-13(10(9)2)21-16-11(3)14(20-17)18-15(19-16)12-7-8-12/h4-6,12H,7-8,17H2,1-3H3,(H,18,19,20). The van der Waals surface area contributed by atoms with Gasteiger partial charge in [-0.05, 0) is 50.8 Å². The minimum absolute atomic E-state index is 0.443. The molecule has 0 bridgehead atoms. The monoisotopic (exact) mass is 284 g/mol. The summed E-state index contributed by atoms with van der Waals surface area (Å²) >= 11 is 0. The third-order valence-electron chi connectivity index (χ3n) is 3.96. The predicted molar refractivity (Wildman–Crippen MR) is 82.5 cm³/mol. The van der Waals surface area contributed by atoms with Gasteiger partial charge >= 0.3 is 0 Å².